The summed E-state index contributed by atoms with van der Waals surface area (Å²) in [4.78, 5) is 4.73. The first-order valence-corrected chi connectivity index (χ1v) is 10.3. The van der Waals surface area contributed by atoms with Crippen LogP contribution in [0.15, 0.2) is 57.9 Å². The second-order valence-corrected chi connectivity index (χ2v) is 8.44. The molecule has 0 aliphatic rings. The van der Waals surface area contributed by atoms with Crippen LogP contribution in [0.4, 0.5) is 0 Å². The first-order chi connectivity index (χ1) is 12.9. The molecular weight excluding hydrogens is 362 g/mol. The molecule has 3 aromatic rings. The number of sulfonamides is 1. The van der Waals surface area contributed by atoms with Crippen LogP contribution in [0.3, 0.4) is 0 Å². The third-order valence-electron chi connectivity index (χ3n) is 4.43. The Kier molecular flexibility index (Phi) is 5.72. The molecule has 0 atom stereocenters. The van der Waals surface area contributed by atoms with Crippen molar-refractivity contribution in [3.8, 4) is 11.5 Å². The van der Waals surface area contributed by atoms with Crippen molar-refractivity contribution in [1.82, 2.24) is 14.4 Å². The molecule has 0 radical (unpaired) electrons. The largest absolute Gasteiger partial charge is 0.334 e. The maximum absolute atomic E-state index is 12.9. The van der Waals surface area contributed by atoms with Crippen molar-refractivity contribution in [3.63, 3.8) is 0 Å². The number of aryl methyl sites for hydroxylation is 2. The molecule has 2 aromatic carbocycles. The van der Waals surface area contributed by atoms with E-state index in [1.165, 1.54) is 4.31 Å². The summed E-state index contributed by atoms with van der Waals surface area (Å²) in [6, 6.07) is 14.9. The van der Waals surface area contributed by atoms with Crippen LogP contribution in [0.2, 0.25) is 0 Å². The SMILES string of the molecule is CCc1ccccc1S(=O)(=O)N(C)CCc1noc(-c2cccc(C)c2)n1. The Labute approximate surface area is 159 Å². The zero-order valence-electron chi connectivity index (χ0n) is 15.7. The Bertz CT molecular complexity index is 1030. The van der Waals surface area contributed by atoms with Crippen LogP contribution < -0.4 is 0 Å². The number of hydrogen-bond acceptors (Lipinski definition) is 5. The number of benzene rings is 2. The normalized spacial score (nSPS) is 11.9. The highest BCUT2D eigenvalue weighted by atomic mass is 32.2. The van der Waals surface area contributed by atoms with Gasteiger partial charge in [-0.25, -0.2) is 12.7 Å². The Balaban J connectivity index is 1.71. The highest BCUT2D eigenvalue weighted by Crippen LogP contribution is 2.21. The predicted molar refractivity (Wildman–Crippen MR) is 104 cm³/mol. The average molecular weight is 385 g/mol. The maximum atomic E-state index is 12.9. The van der Waals surface area contributed by atoms with E-state index in [0.717, 1.165) is 16.7 Å². The molecule has 0 spiro atoms. The van der Waals surface area contributed by atoms with E-state index < -0.39 is 10.0 Å². The van der Waals surface area contributed by atoms with Gasteiger partial charge in [-0.2, -0.15) is 4.98 Å². The van der Waals surface area contributed by atoms with E-state index in [1.807, 2.05) is 50.2 Å². The molecule has 6 nitrogen and oxygen atoms in total. The minimum absolute atomic E-state index is 0.271. The molecule has 1 aromatic heterocycles. The predicted octanol–water partition coefficient (Wildman–Crippen LogP) is 3.47. The van der Waals surface area contributed by atoms with Crippen LogP contribution in [0.5, 0.6) is 0 Å². The fourth-order valence-electron chi connectivity index (χ4n) is 2.84. The van der Waals surface area contributed by atoms with Gasteiger partial charge in [0.05, 0.1) is 4.90 Å². The molecule has 1 heterocycles. The van der Waals surface area contributed by atoms with E-state index in [-0.39, 0.29) is 6.54 Å². The van der Waals surface area contributed by atoms with Crippen molar-refractivity contribution in [1.29, 1.82) is 0 Å². The topological polar surface area (TPSA) is 76.3 Å². The van der Waals surface area contributed by atoms with Gasteiger partial charge in [-0.05, 0) is 37.1 Å². The number of likely N-dealkylation sites (N-methyl/N-ethyl adjacent to an activating group) is 1. The molecule has 0 bridgehead atoms. The van der Waals surface area contributed by atoms with E-state index in [4.69, 9.17) is 4.52 Å². The molecule has 3 rings (SSSR count). The van der Waals surface area contributed by atoms with Gasteiger partial charge in [-0.1, -0.05) is 48.0 Å². The number of rotatable bonds is 7. The number of aromatic nitrogens is 2. The van der Waals surface area contributed by atoms with Crippen LogP contribution in [0.25, 0.3) is 11.5 Å². The zero-order chi connectivity index (χ0) is 19.4. The monoisotopic (exact) mass is 385 g/mol. The third-order valence-corrected chi connectivity index (χ3v) is 6.38. The highest BCUT2D eigenvalue weighted by Gasteiger charge is 2.23. The van der Waals surface area contributed by atoms with E-state index in [0.29, 0.717) is 29.5 Å². The standard InChI is InChI=1S/C20H23N3O3S/c1-4-16-9-5-6-11-18(16)27(24,25)23(3)13-12-19-21-20(26-22-19)17-10-7-8-15(2)14-17/h5-11,14H,4,12-13H2,1-3H3. The van der Waals surface area contributed by atoms with Gasteiger partial charge in [0.15, 0.2) is 5.82 Å². The Hall–Kier alpha value is -2.51. The van der Waals surface area contributed by atoms with Crippen molar-refractivity contribution >= 4 is 10.0 Å². The average Bonchev–Trinajstić information content (AvgIpc) is 3.15. The molecule has 0 aliphatic carbocycles. The molecule has 0 aliphatic heterocycles. The van der Waals surface area contributed by atoms with Gasteiger partial charge in [-0.3, -0.25) is 0 Å². The van der Waals surface area contributed by atoms with Crippen LogP contribution in [-0.2, 0) is 22.9 Å². The molecule has 0 N–H and O–H groups in total. The van der Waals surface area contributed by atoms with Crippen molar-refractivity contribution in [3.05, 3.63) is 65.5 Å². The van der Waals surface area contributed by atoms with Gasteiger partial charge in [0.25, 0.3) is 5.89 Å². The number of hydrogen-bond donors (Lipinski definition) is 0. The quantitative estimate of drug-likeness (QED) is 0.622. The van der Waals surface area contributed by atoms with Crippen LogP contribution >= 0.6 is 0 Å². The molecular formula is C20H23N3O3S. The van der Waals surface area contributed by atoms with Gasteiger partial charge < -0.3 is 4.52 Å². The molecule has 0 amide bonds. The minimum atomic E-state index is -3.56. The highest BCUT2D eigenvalue weighted by molar-refractivity contribution is 7.89. The summed E-state index contributed by atoms with van der Waals surface area (Å²) in [5, 5.41) is 3.98. The number of nitrogens with zero attached hydrogens (tertiary/aromatic N) is 3. The van der Waals surface area contributed by atoms with Gasteiger partial charge in [0.2, 0.25) is 10.0 Å². The summed E-state index contributed by atoms with van der Waals surface area (Å²) in [5.41, 5.74) is 2.77. The van der Waals surface area contributed by atoms with Crippen LogP contribution in [0.1, 0.15) is 23.9 Å². The first-order valence-electron chi connectivity index (χ1n) is 8.85. The Morgan fingerprint density at radius 2 is 1.89 bits per heavy atom. The summed E-state index contributed by atoms with van der Waals surface area (Å²) in [5.74, 6) is 0.924. The summed E-state index contributed by atoms with van der Waals surface area (Å²) < 4.78 is 32.4. The third kappa shape index (κ3) is 4.26. The van der Waals surface area contributed by atoms with Crippen molar-refractivity contribution in [2.24, 2.45) is 0 Å². The van der Waals surface area contributed by atoms with Crippen LogP contribution in [-0.4, -0.2) is 36.5 Å². The lowest BCUT2D eigenvalue weighted by molar-refractivity contribution is 0.415. The van der Waals surface area contributed by atoms with E-state index in [9.17, 15) is 8.42 Å². The lowest BCUT2D eigenvalue weighted by Crippen LogP contribution is -2.30. The molecule has 0 saturated carbocycles. The van der Waals surface area contributed by atoms with Gasteiger partial charge >= 0.3 is 0 Å². The fraction of sp³-hybridized carbons (Fsp3) is 0.300. The first kappa shape index (κ1) is 19.3. The second-order valence-electron chi connectivity index (χ2n) is 6.42. The summed E-state index contributed by atoms with van der Waals surface area (Å²) >= 11 is 0. The molecule has 7 heteroatoms. The Morgan fingerprint density at radius 3 is 2.63 bits per heavy atom. The van der Waals surface area contributed by atoms with Crippen molar-refractivity contribution in [2.45, 2.75) is 31.6 Å². The van der Waals surface area contributed by atoms with Crippen molar-refractivity contribution < 1.29 is 12.9 Å². The maximum Gasteiger partial charge on any atom is 0.257 e. The molecule has 27 heavy (non-hydrogen) atoms. The molecule has 0 unspecified atom stereocenters. The van der Waals surface area contributed by atoms with Gasteiger partial charge in [-0.15, -0.1) is 0 Å². The smallest absolute Gasteiger partial charge is 0.257 e. The zero-order valence-corrected chi connectivity index (χ0v) is 16.5. The van der Waals surface area contributed by atoms with Gasteiger partial charge in [0, 0.05) is 25.6 Å². The Morgan fingerprint density at radius 1 is 1.11 bits per heavy atom. The summed E-state index contributed by atoms with van der Waals surface area (Å²) in [7, 11) is -1.98. The van der Waals surface area contributed by atoms with Crippen LogP contribution in [0, 0.1) is 6.92 Å². The second kappa shape index (κ2) is 8.02. The molecule has 0 fully saturated rings. The van der Waals surface area contributed by atoms with Crippen molar-refractivity contribution in [2.75, 3.05) is 13.6 Å². The van der Waals surface area contributed by atoms with E-state index in [1.54, 1.807) is 19.2 Å². The van der Waals surface area contributed by atoms with E-state index >= 15 is 0 Å². The summed E-state index contributed by atoms with van der Waals surface area (Å²) in [6.07, 6.45) is 1.03. The van der Waals surface area contributed by atoms with Gasteiger partial charge in [0.1, 0.15) is 0 Å². The molecule has 142 valence electrons. The fourth-order valence-corrected chi connectivity index (χ4v) is 4.31. The lowest BCUT2D eigenvalue weighted by atomic mass is 10.1. The summed E-state index contributed by atoms with van der Waals surface area (Å²) in [6.45, 7) is 4.21. The minimum Gasteiger partial charge on any atom is -0.334 e. The van der Waals surface area contributed by atoms with E-state index in [2.05, 4.69) is 10.1 Å². The lowest BCUT2D eigenvalue weighted by Gasteiger charge is -2.18. The molecule has 0 saturated heterocycles.